The van der Waals surface area contributed by atoms with E-state index in [1.807, 2.05) is 0 Å². The molecule has 0 N–H and O–H groups in total. The molecule has 0 bridgehead atoms. The first-order valence-electron chi connectivity index (χ1n) is 3.31. The topological polar surface area (TPSA) is 0 Å². The standard InChI is InChI=1S/C5H14B2/c1-4-7(3)5-6-2/h6H,4-5H2,1-3H3. The average molecular weight is 95.8 g/mol. The fourth-order valence-electron chi connectivity index (χ4n) is 0.697. The Hall–Kier alpha value is 0.130. The predicted molar refractivity (Wildman–Crippen MR) is 39.9 cm³/mol. The van der Waals surface area contributed by atoms with Crippen LogP contribution < -0.4 is 0 Å². The largest absolute Gasteiger partial charge is 0.128 e. The van der Waals surface area contributed by atoms with Gasteiger partial charge in [0.05, 0.1) is 0 Å². The van der Waals surface area contributed by atoms with Crippen molar-refractivity contribution in [3.63, 3.8) is 0 Å². The molecule has 7 heavy (non-hydrogen) atoms. The van der Waals surface area contributed by atoms with Crippen molar-refractivity contribution in [1.82, 2.24) is 0 Å². The van der Waals surface area contributed by atoms with Gasteiger partial charge in [-0.3, -0.25) is 0 Å². The molecule has 0 saturated carbocycles. The van der Waals surface area contributed by atoms with Crippen molar-refractivity contribution in [2.24, 2.45) is 0 Å². The maximum Gasteiger partial charge on any atom is 0.128 e. The van der Waals surface area contributed by atoms with Gasteiger partial charge in [-0.05, 0) is 0 Å². The quantitative estimate of drug-likeness (QED) is 0.467. The minimum absolute atomic E-state index is 0.949. The predicted octanol–water partition coefficient (Wildman–Crippen LogP) is 1.57. The van der Waals surface area contributed by atoms with E-state index in [2.05, 4.69) is 20.6 Å². The van der Waals surface area contributed by atoms with Gasteiger partial charge in [-0.2, -0.15) is 0 Å². The Morgan fingerprint density at radius 2 is 2.14 bits per heavy atom. The molecule has 0 heterocycles. The minimum Gasteiger partial charge on any atom is -0.0985 e. The zero-order chi connectivity index (χ0) is 5.70. The molecule has 0 rings (SSSR count). The molecule has 0 aliphatic carbocycles. The van der Waals surface area contributed by atoms with E-state index in [1.54, 1.807) is 0 Å². The zero-order valence-corrected chi connectivity index (χ0v) is 5.70. The van der Waals surface area contributed by atoms with Gasteiger partial charge >= 0.3 is 0 Å². The Balaban J connectivity index is 2.83. The highest BCUT2D eigenvalue weighted by Crippen LogP contribution is 1.94. The van der Waals surface area contributed by atoms with Crippen LogP contribution in [0.2, 0.25) is 26.2 Å². The first-order valence-corrected chi connectivity index (χ1v) is 3.31. The van der Waals surface area contributed by atoms with E-state index in [1.165, 1.54) is 19.8 Å². The Kier molecular flexibility index (Phi) is 4.37. The van der Waals surface area contributed by atoms with Crippen molar-refractivity contribution in [2.75, 3.05) is 0 Å². The van der Waals surface area contributed by atoms with Crippen molar-refractivity contribution in [3.05, 3.63) is 0 Å². The maximum absolute atomic E-state index is 2.31. The van der Waals surface area contributed by atoms with E-state index < -0.39 is 0 Å². The van der Waals surface area contributed by atoms with Gasteiger partial charge < -0.3 is 0 Å². The van der Waals surface area contributed by atoms with Gasteiger partial charge in [0.1, 0.15) is 14.0 Å². The van der Waals surface area contributed by atoms with Crippen molar-refractivity contribution in [1.29, 1.82) is 0 Å². The van der Waals surface area contributed by atoms with E-state index in [-0.39, 0.29) is 0 Å². The summed E-state index contributed by atoms with van der Waals surface area (Å²) in [5.74, 6) is 0. The van der Waals surface area contributed by atoms with Crippen LogP contribution in [0, 0.1) is 0 Å². The summed E-state index contributed by atoms with van der Waals surface area (Å²) in [5, 5.41) is 0. The lowest BCUT2D eigenvalue weighted by Gasteiger charge is -1.96. The lowest BCUT2D eigenvalue weighted by molar-refractivity contribution is 1.40. The molecule has 0 nitrogen and oxygen atoms in total. The van der Waals surface area contributed by atoms with Gasteiger partial charge in [0.15, 0.2) is 0 Å². The number of hydrogen-bond acceptors (Lipinski definition) is 0. The maximum atomic E-state index is 2.31. The molecule has 0 fully saturated rings. The van der Waals surface area contributed by atoms with Crippen molar-refractivity contribution in [2.45, 2.75) is 33.1 Å². The van der Waals surface area contributed by atoms with Crippen LogP contribution >= 0.6 is 0 Å². The third kappa shape index (κ3) is 3.97. The molecule has 2 heteroatoms. The molecule has 0 atom stereocenters. The molecular formula is C5H14B2. The lowest BCUT2D eigenvalue weighted by atomic mass is 9.39. The molecule has 0 saturated heterocycles. The number of rotatable bonds is 3. The molecule has 0 aromatic rings. The van der Waals surface area contributed by atoms with E-state index in [9.17, 15) is 0 Å². The molecule has 0 unspecified atom stereocenters. The van der Waals surface area contributed by atoms with Crippen molar-refractivity contribution in [3.8, 4) is 0 Å². The summed E-state index contributed by atoms with van der Waals surface area (Å²) >= 11 is 0. The molecule has 0 aliphatic rings. The van der Waals surface area contributed by atoms with Crippen LogP contribution in [-0.4, -0.2) is 14.0 Å². The summed E-state index contributed by atoms with van der Waals surface area (Å²) in [7, 11) is 1.34. The van der Waals surface area contributed by atoms with Gasteiger partial charge in [-0.15, -0.1) is 0 Å². The fourth-order valence-corrected chi connectivity index (χ4v) is 0.697. The molecule has 0 radical (unpaired) electrons. The van der Waals surface area contributed by atoms with Crippen LogP contribution in [-0.2, 0) is 0 Å². The van der Waals surface area contributed by atoms with Crippen molar-refractivity contribution < 1.29 is 0 Å². The van der Waals surface area contributed by atoms with Gasteiger partial charge in [-0.25, -0.2) is 0 Å². The Morgan fingerprint density at radius 1 is 1.57 bits per heavy atom. The van der Waals surface area contributed by atoms with Crippen LogP contribution in [0.5, 0.6) is 0 Å². The minimum atomic E-state index is 0.949. The summed E-state index contributed by atoms with van der Waals surface area (Å²) in [6.45, 7) is 7.75. The second-order valence-electron chi connectivity index (χ2n) is 2.30. The Bertz CT molecular complexity index is 37.1. The zero-order valence-electron chi connectivity index (χ0n) is 5.70. The molecule has 40 valence electrons. The summed E-state index contributed by atoms with van der Waals surface area (Å²) in [6.07, 6.45) is 2.74. The lowest BCUT2D eigenvalue weighted by Crippen LogP contribution is -2.06. The highest BCUT2D eigenvalue weighted by molar-refractivity contribution is 6.68. The van der Waals surface area contributed by atoms with Crippen molar-refractivity contribution >= 4 is 14.0 Å². The normalized spacial score (nSPS) is 8.43. The van der Waals surface area contributed by atoms with Gasteiger partial charge in [0, 0.05) is 0 Å². The third-order valence-corrected chi connectivity index (χ3v) is 1.48. The van der Waals surface area contributed by atoms with Gasteiger partial charge in [0.25, 0.3) is 0 Å². The fraction of sp³-hybridized carbons (Fsp3) is 1.00. The first kappa shape index (κ1) is 7.13. The second-order valence-corrected chi connectivity index (χ2v) is 2.30. The Labute approximate surface area is 48.0 Å². The SMILES string of the molecule is CBCB(C)CC. The first-order chi connectivity index (χ1) is 3.31. The van der Waals surface area contributed by atoms with E-state index in [0.717, 1.165) is 6.71 Å². The molecule has 0 amide bonds. The van der Waals surface area contributed by atoms with E-state index in [4.69, 9.17) is 0 Å². The molecule has 0 aromatic carbocycles. The molecule has 0 aliphatic heterocycles. The average Bonchev–Trinajstić information content (AvgIpc) is 1.68. The van der Waals surface area contributed by atoms with E-state index >= 15 is 0 Å². The Morgan fingerprint density at radius 3 is 2.29 bits per heavy atom. The summed E-state index contributed by atoms with van der Waals surface area (Å²) in [5.41, 5.74) is 0. The second kappa shape index (κ2) is 4.29. The molecule has 0 aromatic heterocycles. The highest BCUT2D eigenvalue weighted by Gasteiger charge is 1.99. The number of hydrogen-bond donors (Lipinski definition) is 0. The van der Waals surface area contributed by atoms with E-state index in [0.29, 0.717) is 0 Å². The van der Waals surface area contributed by atoms with Gasteiger partial charge in [0.2, 0.25) is 0 Å². The molecular weight excluding hydrogens is 81.7 g/mol. The smallest absolute Gasteiger partial charge is 0.0985 e. The van der Waals surface area contributed by atoms with Crippen LogP contribution in [0.15, 0.2) is 0 Å². The van der Waals surface area contributed by atoms with Crippen LogP contribution in [0.1, 0.15) is 6.92 Å². The summed E-state index contributed by atoms with van der Waals surface area (Å²) in [4.78, 5) is 0. The highest BCUT2D eigenvalue weighted by atomic mass is 13.5. The third-order valence-electron chi connectivity index (χ3n) is 1.48. The molecule has 0 spiro atoms. The summed E-state index contributed by atoms with van der Waals surface area (Å²) < 4.78 is 0. The van der Waals surface area contributed by atoms with Crippen LogP contribution in [0.3, 0.4) is 0 Å². The monoisotopic (exact) mass is 96.1 g/mol. The van der Waals surface area contributed by atoms with Gasteiger partial charge in [-0.1, -0.05) is 33.1 Å². The summed E-state index contributed by atoms with van der Waals surface area (Å²) in [6, 6.07) is 0. The van der Waals surface area contributed by atoms with Crippen LogP contribution in [0.4, 0.5) is 0 Å². The van der Waals surface area contributed by atoms with Crippen LogP contribution in [0.25, 0.3) is 0 Å².